The smallest absolute Gasteiger partial charge is 0.126 e. The number of nitrogens with zero attached hydrogens (tertiary/aromatic N) is 1. The number of halogens is 1. The molecule has 2 nitrogen and oxygen atoms in total. The van der Waals surface area contributed by atoms with Crippen LogP contribution in [0.5, 0.6) is 0 Å². The highest BCUT2D eigenvalue weighted by Gasteiger charge is 2.03. The quantitative estimate of drug-likeness (QED) is 0.788. The minimum Gasteiger partial charge on any atom is -0.326 e. The maximum atomic E-state index is 13.3. The summed E-state index contributed by atoms with van der Waals surface area (Å²) in [4.78, 5) is 2.04. The van der Waals surface area contributed by atoms with E-state index in [1.54, 1.807) is 6.07 Å². The average Bonchev–Trinajstić information content (AvgIpc) is 2.16. The Morgan fingerprint density at radius 2 is 2.07 bits per heavy atom. The lowest BCUT2D eigenvalue weighted by Crippen LogP contribution is -2.15. The summed E-state index contributed by atoms with van der Waals surface area (Å²) in [5.74, 6) is -0.135. The highest BCUT2D eigenvalue weighted by Crippen LogP contribution is 2.11. The van der Waals surface area contributed by atoms with Gasteiger partial charge in [-0.2, -0.15) is 0 Å². The number of nitrogens with two attached hydrogens (primary N) is 1. The lowest BCUT2D eigenvalue weighted by molar-refractivity contribution is 0.410. The summed E-state index contributed by atoms with van der Waals surface area (Å²) in [5, 5.41) is 0. The molecule has 0 aliphatic heterocycles. The van der Waals surface area contributed by atoms with Crippen molar-refractivity contribution < 1.29 is 4.39 Å². The molecule has 0 aliphatic carbocycles. The van der Waals surface area contributed by atoms with Gasteiger partial charge < -0.3 is 10.6 Å². The van der Waals surface area contributed by atoms with Gasteiger partial charge >= 0.3 is 0 Å². The molecule has 1 aromatic rings. The fourth-order valence-electron chi connectivity index (χ4n) is 1.29. The van der Waals surface area contributed by atoms with Gasteiger partial charge in [0, 0.05) is 13.1 Å². The van der Waals surface area contributed by atoms with Crippen molar-refractivity contribution in [2.45, 2.75) is 13.0 Å². The maximum absolute atomic E-state index is 13.3. The molecular weight excluding hydrogens is 179 g/mol. The van der Waals surface area contributed by atoms with Crippen molar-refractivity contribution in [3.63, 3.8) is 0 Å². The Bertz CT molecular complexity index is 297. The van der Waals surface area contributed by atoms with Crippen molar-refractivity contribution in [3.05, 3.63) is 35.1 Å². The number of benzene rings is 1. The molecule has 0 fully saturated rings. The fraction of sp³-hybridized carbons (Fsp3) is 0.455. The first kappa shape index (κ1) is 11.1. The second-order valence-corrected chi connectivity index (χ2v) is 3.68. The Balaban J connectivity index is 2.73. The third-order valence-electron chi connectivity index (χ3n) is 2.17. The molecule has 14 heavy (non-hydrogen) atoms. The van der Waals surface area contributed by atoms with Gasteiger partial charge in [0.05, 0.1) is 0 Å². The zero-order valence-electron chi connectivity index (χ0n) is 8.76. The zero-order chi connectivity index (χ0) is 10.6. The largest absolute Gasteiger partial charge is 0.326 e. The summed E-state index contributed by atoms with van der Waals surface area (Å²) in [6.45, 7) is 1.32. The van der Waals surface area contributed by atoms with E-state index in [2.05, 4.69) is 0 Å². The second-order valence-electron chi connectivity index (χ2n) is 3.68. The van der Waals surface area contributed by atoms with Crippen molar-refractivity contribution in [2.75, 3.05) is 20.6 Å². The van der Waals surface area contributed by atoms with Crippen LogP contribution in [-0.4, -0.2) is 25.5 Å². The SMILES string of the molecule is CN(C)CCc1cc(CN)ccc1F. The van der Waals surface area contributed by atoms with Gasteiger partial charge in [-0.3, -0.25) is 0 Å². The van der Waals surface area contributed by atoms with Gasteiger partial charge in [0.2, 0.25) is 0 Å². The Kier molecular flexibility index (Phi) is 4.04. The molecule has 0 spiro atoms. The van der Waals surface area contributed by atoms with Gasteiger partial charge in [0.15, 0.2) is 0 Å². The van der Waals surface area contributed by atoms with Crippen LogP contribution in [0.15, 0.2) is 18.2 Å². The number of hydrogen-bond acceptors (Lipinski definition) is 2. The predicted molar refractivity (Wildman–Crippen MR) is 56.5 cm³/mol. The van der Waals surface area contributed by atoms with E-state index in [1.807, 2.05) is 25.1 Å². The molecular formula is C11H17FN2. The van der Waals surface area contributed by atoms with Crippen molar-refractivity contribution in [2.24, 2.45) is 5.73 Å². The molecule has 0 radical (unpaired) electrons. The van der Waals surface area contributed by atoms with Gasteiger partial charge in [-0.1, -0.05) is 12.1 Å². The van der Waals surface area contributed by atoms with Crippen molar-refractivity contribution in [1.29, 1.82) is 0 Å². The van der Waals surface area contributed by atoms with Crippen LogP contribution in [0.2, 0.25) is 0 Å². The molecule has 1 aromatic carbocycles. The molecule has 2 N–H and O–H groups in total. The van der Waals surface area contributed by atoms with Crippen LogP contribution in [0.3, 0.4) is 0 Å². The van der Waals surface area contributed by atoms with Crippen LogP contribution >= 0.6 is 0 Å². The van der Waals surface area contributed by atoms with E-state index in [9.17, 15) is 4.39 Å². The van der Waals surface area contributed by atoms with Crippen molar-refractivity contribution in [3.8, 4) is 0 Å². The van der Waals surface area contributed by atoms with Gasteiger partial charge in [0.25, 0.3) is 0 Å². The Morgan fingerprint density at radius 1 is 1.36 bits per heavy atom. The second kappa shape index (κ2) is 5.08. The first-order chi connectivity index (χ1) is 6.63. The molecule has 0 atom stereocenters. The molecule has 0 bridgehead atoms. The summed E-state index contributed by atoms with van der Waals surface area (Å²) in [5.41, 5.74) is 7.23. The van der Waals surface area contributed by atoms with Gasteiger partial charge in [-0.15, -0.1) is 0 Å². The van der Waals surface area contributed by atoms with Crippen LogP contribution in [0, 0.1) is 5.82 Å². The normalized spacial score (nSPS) is 10.9. The Hall–Kier alpha value is -0.930. The van der Waals surface area contributed by atoms with Gasteiger partial charge in [-0.05, 0) is 37.7 Å². The van der Waals surface area contributed by atoms with E-state index in [-0.39, 0.29) is 5.82 Å². The molecule has 0 aliphatic rings. The number of rotatable bonds is 4. The molecule has 0 saturated heterocycles. The van der Waals surface area contributed by atoms with Crippen molar-refractivity contribution in [1.82, 2.24) is 4.90 Å². The lowest BCUT2D eigenvalue weighted by Gasteiger charge is -2.10. The third kappa shape index (κ3) is 3.09. The highest BCUT2D eigenvalue weighted by molar-refractivity contribution is 5.25. The molecule has 1 rings (SSSR count). The average molecular weight is 196 g/mol. The molecule has 78 valence electrons. The summed E-state index contributed by atoms with van der Waals surface area (Å²) < 4.78 is 13.3. The molecule has 0 saturated carbocycles. The van der Waals surface area contributed by atoms with Crippen LogP contribution < -0.4 is 5.73 Å². The van der Waals surface area contributed by atoms with Gasteiger partial charge in [-0.25, -0.2) is 4.39 Å². The monoisotopic (exact) mass is 196 g/mol. The van der Waals surface area contributed by atoms with E-state index >= 15 is 0 Å². The molecule has 0 aromatic heterocycles. The number of likely N-dealkylation sites (N-methyl/N-ethyl adjacent to an activating group) is 1. The summed E-state index contributed by atoms with van der Waals surface area (Å²) in [6, 6.07) is 5.07. The van der Waals surface area contributed by atoms with E-state index < -0.39 is 0 Å². The van der Waals surface area contributed by atoms with Gasteiger partial charge in [0.1, 0.15) is 5.82 Å². The van der Waals surface area contributed by atoms with Crippen LogP contribution in [-0.2, 0) is 13.0 Å². The van der Waals surface area contributed by atoms with E-state index in [4.69, 9.17) is 5.73 Å². The molecule has 0 amide bonds. The molecule has 3 heteroatoms. The molecule has 0 unspecified atom stereocenters. The topological polar surface area (TPSA) is 29.3 Å². The Morgan fingerprint density at radius 3 is 2.64 bits per heavy atom. The summed E-state index contributed by atoms with van der Waals surface area (Å²) in [7, 11) is 3.95. The highest BCUT2D eigenvalue weighted by atomic mass is 19.1. The van der Waals surface area contributed by atoms with Crippen LogP contribution in [0.25, 0.3) is 0 Å². The zero-order valence-corrected chi connectivity index (χ0v) is 8.76. The minimum absolute atomic E-state index is 0.135. The summed E-state index contributed by atoms with van der Waals surface area (Å²) in [6.07, 6.45) is 0.729. The first-order valence-electron chi connectivity index (χ1n) is 4.75. The van der Waals surface area contributed by atoms with Crippen LogP contribution in [0.1, 0.15) is 11.1 Å². The lowest BCUT2D eigenvalue weighted by atomic mass is 10.1. The minimum atomic E-state index is -0.135. The standard InChI is InChI=1S/C11H17FN2/c1-14(2)6-5-10-7-9(8-13)3-4-11(10)12/h3-4,7H,5-6,8,13H2,1-2H3. The van der Waals surface area contributed by atoms with E-state index in [1.165, 1.54) is 6.07 Å². The van der Waals surface area contributed by atoms with Crippen LogP contribution in [0.4, 0.5) is 4.39 Å². The van der Waals surface area contributed by atoms with E-state index in [0.29, 0.717) is 6.54 Å². The third-order valence-corrected chi connectivity index (χ3v) is 2.17. The first-order valence-corrected chi connectivity index (χ1v) is 4.75. The van der Waals surface area contributed by atoms with Crippen molar-refractivity contribution >= 4 is 0 Å². The number of hydrogen-bond donors (Lipinski definition) is 1. The Labute approximate surface area is 84.5 Å². The molecule has 0 heterocycles. The summed E-state index contributed by atoms with van der Waals surface area (Å²) >= 11 is 0. The fourth-order valence-corrected chi connectivity index (χ4v) is 1.29. The van der Waals surface area contributed by atoms with E-state index in [0.717, 1.165) is 24.1 Å². The maximum Gasteiger partial charge on any atom is 0.126 e. The predicted octanol–water partition coefficient (Wildman–Crippen LogP) is 1.39.